The molecule has 28 heavy (non-hydrogen) atoms. The molecule has 0 amide bonds. The molecule has 3 rings (SSSR count). The standard InChI is InChI=1S/C22H25Cl2NO2S/c1-3-26-21-13-17(22(28)25-10-8-15(2)9-11-25)5-7-20(21)27-14-16-4-6-18(23)19(24)12-16/h4-7,12-13,15H,3,8-11,14H2,1-2H3. The van der Waals surface area contributed by atoms with Crippen molar-refractivity contribution in [2.75, 3.05) is 19.7 Å². The molecule has 6 heteroatoms. The van der Waals surface area contributed by atoms with Gasteiger partial charge >= 0.3 is 0 Å². The molecule has 0 atom stereocenters. The Labute approximate surface area is 182 Å². The van der Waals surface area contributed by atoms with Crippen molar-refractivity contribution in [1.29, 1.82) is 0 Å². The second kappa shape index (κ2) is 9.82. The van der Waals surface area contributed by atoms with E-state index in [9.17, 15) is 0 Å². The van der Waals surface area contributed by atoms with Crippen LogP contribution >= 0.6 is 35.4 Å². The fraction of sp³-hybridized carbons (Fsp3) is 0.409. The summed E-state index contributed by atoms with van der Waals surface area (Å²) in [4.78, 5) is 3.17. The topological polar surface area (TPSA) is 21.7 Å². The molecule has 2 aromatic rings. The number of halogens is 2. The summed E-state index contributed by atoms with van der Waals surface area (Å²) in [6, 6.07) is 11.4. The predicted octanol–water partition coefficient (Wildman–Crippen LogP) is 6.38. The average Bonchev–Trinajstić information content (AvgIpc) is 2.70. The lowest BCUT2D eigenvalue weighted by Gasteiger charge is -2.32. The summed E-state index contributed by atoms with van der Waals surface area (Å²) in [5, 5.41) is 1.05. The molecule has 1 heterocycles. The molecule has 0 saturated carbocycles. The molecule has 0 unspecified atom stereocenters. The quantitative estimate of drug-likeness (QED) is 0.488. The number of thiocarbonyl (C=S) groups is 1. The highest BCUT2D eigenvalue weighted by molar-refractivity contribution is 7.80. The zero-order valence-corrected chi connectivity index (χ0v) is 18.5. The van der Waals surface area contributed by atoms with Crippen LogP contribution in [-0.2, 0) is 6.61 Å². The molecule has 150 valence electrons. The van der Waals surface area contributed by atoms with Crippen molar-refractivity contribution >= 4 is 40.4 Å². The molecule has 1 saturated heterocycles. The van der Waals surface area contributed by atoms with Crippen molar-refractivity contribution in [2.45, 2.75) is 33.3 Å². The van der Waals surface area contributed by atoms with E-state index in [1.54, 1.807) is 6.07 Å². The van der Waals surface area contributed by atoms with Crippen LogP contribution in [0, 0.1) is 5.92 Å². The zero-order chi connectivity index (χ0) is 20.1. The van der Waals surface area contributed by atoms with Gasteiger partial charge in [-0.25, -0.2) is 0 Å². The first-order valence-corrected chi connectivity index (χ1v) is 10.8. The number of nitrogens with zero attached hydrogens (tertiary/aromatic N) is 1. The van der Waals surface area contributed by atoms with Gasteiger partial charge in [-0.1, -0.05) is 48.4 Å². The lowest BCUT2D eigenvalue weighted by molar-refractivity contribution is 0.269. The minimum atomic E-state index is 0.380. The molecule has 0 aromatic heterocycles. The Hall–Kier alpha value is -1.49. The SMILES string of the molecule is CCOc1cc(C(=S)N2CCC(C)CC2)ccc1OCc1ccc(Cl)c(Cl)c1. The van der Waals surface area contributed by atoms with Gasteiger partial charge < -0.3 is 14.4 Å². The fourth-order valence-electron chi connectivity index (χ4n) is 3.21. The molecular weight excluding hydrogens is 413 g/mol. The van der Waals surface area contributed by atoms with E-state index in [1.807, 2.05) is 37.3 Å². The molecule has 1 aliphatic heterocycles. The Balaban J connectivity index is 1.73. The van der Waals surface area contributed by atoms with Crippen LogP contribution in [-0.4, -0.2) is 29.6 Å². The van der Waals surface area contributed by atoms with Crippen LogP contribution in [0.2, 0.25) is 10.0 Å². The van der Waals surface area contributed by atoms with Crippen LogP contribution in [0.1, 0.15) is 37.8 Å². The number of hydrogen-bond donors (Lipinski definition) is 0. The number of hydrogen-bond acceptors (Lipinski definition) is 3. The summed E-state index contributed by atoms with van der Waals surface area (Å²) in [6.07, 6.45) is 2.37. The van der Waals surface area contributed by atoms with E-state index in [-0.39, 0.29) is 0 Å². The highest BCUT2D eigenvalue weighted by Crippen LogP contribution is 2.31. The molecule has 0 radical (unpaired) electrons. The van der Waals surface area contributed by atoms with Crippen LogP contribution in [0.4, 0.5) is 0 Å². The van der Waals surface area contributed by atoms with Gasteiger partial charge in [0.15, 0.2) is 11.5 Å². The van der Waals surface area contributed by atoms with Crippen molar-refractivity contribution in [3.8, 4) is 11.5 Å². The van der Waals surface area contributed by atoms with Crippen LogP contribution in [0.15, 0.2) is 36.4 Å². The van der Waals surface area contributed by atoms with Gasteiger partial charge in [0, 0.05) is 18.7 Å². The van der Waals surface area contributed by atoms with Crippen LogP contribution < -0.4 is 9.47 Å². The van der Waals surface area contributed by atoms with E-state index < -0.39 is 0 Å². The van der Waals surface area contributed by atoms with Crippen molar-refractivity contribution < 1.29 is 9.47 Å². The molecule has 0 spiro atoms. The maximum Gasteiger partial charge on any atom is 0.161 e. The van der Waals surface area contributed by atoms with Gasteiger partial charge in [0.1, 0.15) is 11.6 Å². The highest BCUT2D eigenvalue weighted by Gasteiger charge is 2.20. The second-order valence-corrected chi connectivity index (χ2v) is 8.31. The summed E-state index contributed by atoms with van der Waals surface area (Å²) in [7, 11) is 0. The van der Waals surface area contributed by atoms with Crippen molar-refractivity contribution in [1.82, 2.24) is 4.90 Å². The van der Waals surface area contributed by atoms with Crippen molar-refractivity contribution in [3.63, 3.8) is 0 Å². The smallest absolute Gasteiger partial charge is 0.161 e. The third-order valence-corrected chi connectivity index (χ3v) is 6.17. The van der Waals surface area contributed by atoms with Gasteiger partial charge in [0.05, 0.1) is 16.7 Å². The van der Waals surface area contributed by atoms with E-state index in [4.69, 9.17) is 44.9 Å². The minimum absolute atomic E-state index is 0.380. The molecular formula is C22H25Cl2NO2S. The Bertz CT molecular complexity index is 835. The van der Waals surface area contributed by atoms with Crippen LogP contribution in [0.3, 0.4) is 0 Å². The first kappa shape index (κ1) is 21.2. The number of rotatable bonds is 6. The number of benzene rings is 2. The lowest BCUT2D eigenvalue weighted by Crippen LogP contribution is -2.37. The third-order valence-electron chi connectivity index (χ3n) is 4.94. The summed E-state index contributed by atoms with van der Waals surface area (Å²) in [5.41, 5.74) is 1.94. The normalized spacial score (nSPS) is 14.8. The maximum absolute atomic E-state index is 6.08. The summed E-state index contributed by atoms with van der Waals surface area (Å²) in [5.74, 6) is 2.16. The molecule has 3 nitrogen and oxygen atoms in total. The van der Waals surface area contributed by atoms with Crippen molar-refractivity contribution in [2.24, 2.45) is 5.92 Å². The Morgan fingerprint density at radius 1 is 1.04 bits per heavy atom. The van der Waals surface area contributed by atoms with E-state index in [0.29, 0.717) is 34.8 Å². The number of piperidine rings is 1. The van der Waals surface area contributed by atoms with E-state index >= 15 is 0 Å². The van der Waals surface area contributed by atoms with Gasteiger partial charge in [-0.2, -0.15) is 0 Å². The molecule has 0 N–H and O–H groups in total. The maximum atomic E-state index is 6.08. The van der Waals surface area contributed by atoms with Crippen molar-refractivity contribution in [3.05, 3.63) is 57.6 Å². The Morgan fingerprint density at radius 2 is 1.79 bits per heavy atom. The largest absolute Gasteiger partial charge is 0.490 e. The highest BCUT2D eigenvalue weighted by atomic mass is 35.5. The van der Waals surface area contributed by atoms with Gasteiger partial charge in [0.2, 0.25) is 0 Å². The predicted molar refractivity (Wildman–Crippen MR) is 120 cm³/mol. The van der Waals surface area contributed by atoms with Gasteiger partial charge in [-0.05, 0) is 61.6 Å². The van der Waals surface area contributed by atoms with Gasteiger partial charge in [0.25, 0.3) is 0 Å². The molecule has 1 fully saturated rings. The molecule has 0 bridgehead atoms. The van der Waals surface area contributed by atoms with E-state index in [1.165, 1.54) is 12.8 Å². The fourth-order valence-corrected chi connectivity index (χ4v) is 3.84. The average molecular weight is 438 g/mol. The lowest BCUT2D eigenvalue weighted by atomic mass is 9.99. The van der Waals surface area contributed by atoms with Gasteiger partial charge in [-0.3, -0.25) is 0 Å². The second-order valence-electron chi connectivity index (χ2n) is 7.11. The summed E-state index contributed by atoms with van der Waals surface area (Å²) in [6.45, 7) is 7.22. The zero-order valence-electron chi connectivity index (χ0n) is 16.2. The first-order chi connectivity index (χ1) is 13.5. The van der Waals surface area contributed by atoms with E-state index in [2.05, 4.69) is 11.8 Å². The molecule has 2 aromatic carbocycles. The first-order valence-electron chi connectivity index (χ1n) is 9.60. The summed E-state index contributed by atoms with van der Waals surface area (Å²) < 4.78 is 11.8. The molecule has 0 aliphatic carbocycles. The Kier molecular flexibility index (Phi) is 7.44. The van der Waals surface area contributed by atoms with Crippen LogP contribution in [0.25, 0.3) is 0 Å². The number of ether oxygens (including phenoxy) is 2. The monoisotopic (exact) mass is 437 g/mol. The minimum Gasteiger partial charge on any atom is -0.490 e. The van der Waals surface area contributed by atoms with Gasteiger partial charge in [-0.15, -0.1) is 0 Å². The number of likely N-dealkylation sites (tertiary alicyclic amines) is 1. The molecule has 1 aliphatic rings. The third kappa shape index (κ3) is 5.31. The van der Waals surface area contributed by atoms with E-state index in [0.717, 1.165) is 35.1 Å². The van der Waals surface area contributed by atoms with Crippen LogP contribution in [0.5, 0.6) is 11.5 Å². The summed E-state index contributed by atoms with van der Waals surface area (Å²) >= 11 is 17.8. The Morgan fingerprint density at radius 3 is 2.46 bits per heavy atom.